The number of urea groups is 1. The molecular formula is C25H30ClN5O2. The molecule has 0 fully saturated rings. The molecule has 1 aromatic heterocycles. The van der Waals surface area contributed by atoms with Crippen molar-refractivity contribution < 1.29 is 9.59 Å². The summed E-state index contributed by atoms with van der Waals surface area (Å²) in [6.45, 7) is 10.2. The number of rotatable bonds is 6. The van der Waals surface area contributed by atoms with E-state index >= 15 is 0 Å². The molecule has 0 atom stereocenters. The fraction of sp³-hybridized carbons (Fsp3) is 0.320. The summed E-state index contributed by atoms with van der Waals surface area (Å²) in [4.78, 5) is 27.1. The van der Waals surface area contributed by atoms with Crippen LogP contribution in [0.4, 0.5) is 16.3 Å². The third kappa shape index (κ3) is 6.14. The summed E-state index contributed by atoms with van der Waals surface area (Å²) in [5, 5.41) is 11.1. The Morgan fingerprint density at radius 3 is 2.33 bits per heavy atom. The summed E-state index contributed by atoms with van der Waals surface area (Å²) in [6, 6.07) is 16.3. The highest BCUT2D eigenvalue weighted by atomic mass is 35.5. The number of aryl methyl sites for hydroxylation is 1. The van der Waals surface area contributed by atoms with E-state index in [2.05, 4.69) is 31.4 Å². The summed E-state index contributed by atoms with van der Waals surface area (Å²) in [5.41, 5.74) is 3.07. The molecule has 0 unspecified atom stereocenters. The van der Waals surface area contributed by atoms with E-state index in [1.807, 2.05) is 56.3 Å². The van der Waals surface area contributed by atoms with Gasteiger partial charge in [-0.25, -0.2) is 9.48 Å². The normalized spacial score (nSPS) is 11.2. The summed E-state index contributed by atoms with van der Waals surface area (Å²) in [5.74, 6) is 0.218. The molecule has 3 rings (SSSR count). The van der Waals surface area contributed by atoms with Gasteiger partial charge in [-0.15, -0.1) is 0 Å². The number of amides is 3. The topological polar surface area (TPSA) is 79.3 Å². The molecule has 2 N–H and O–H groups in total. The van der Waals surface area contributed by atoms with Crippen LogP contribution in [0.15, 0.2) is 54.6 Å². The van der Waals surface area contributed by atoms with E-state index in [9.17, 15) is 9.59 Å². The molecule has 0 saturated carbocycles. The van der Waals surface area contributed by atoms with Gasteiger partial charge in [-0.1, -0.05) is 50.6 Å². The van der Waals surface area contributed by atoms with Crippen molar-refractivity contribution >= 4 is 35.0 Å². The van der Waals surface area contributed by atoms with E-state index in [1.165, 1.54) is 4.90 Å². The predicted molar refractivity (Wildman–Crippen MR) is 133 cm³/mol. The molecule has 33 heavy (non-hydrogen) atoms. The maximum absolute atomic E-state index is 12.9. The van der Waals surface area contributed by atoms with Crippen LogP contribution in [-0.4, -0.2) is 39.7 Å². The average Bonchev–Trinajstić information content (AvgIpc) is 3.18. The van der Waals surface area contributed by atoms with Crippen LogP contribution in [0.2, 0.25) is 5.02 Å². The summed E-state index contributed by atoms with van der Waals surface area (Å²) in [7, 11) is 0. The van der Waals surface area contributed by atoms with Crippen molar-refractivity contribution in [1.29, 1.82) is 0 Å². The van der Waals surface area contributed by atoms with E-state index in [-0.39, 0.29) is 23.9 Å². The van der Waals surface area contributed by atoms with Crippen molar-refractivity contribution in [3.05, 3.63) is 70.9 Å². The zero-order valence-electron chi connectivity index (χ0n) is 19.6. The van der Waals surface area contributed by atoms with Gasteiger partial charge in [0.1, 0.15) is 12.4 Å². The second-order valence-electron chi connectivity index (χ2n) is 8.86. The Hall–Kier alpha value is -3.32. The number of likely N-dealkylation sites (N-methyl/N-ethyl adjacent to an activating group) is 1. The molecule has 0 aliphatic carbocycles. The van der Waals surface area contributed by atoms with Crippen molar-refractivity contribution in [2.24, 2.45) is 0 Å². The molecule has 7 nitrogen and oxygen atoms in total. The Bertz CT molecular complexity index is 1130. The third-order valence-corrected chi connectivity index (χ3v) is 5.46. The van der Waals surface area contributed by atoms with Crippen molar-refractivity contribution in [3.8, 4) is 5.69 Å². The fourth-order valence-electron chi connectivity index (χ4n) is 3.21. The van der Waals surface area contributed by atoms with Gasteiger partial charge in [-0.05, 0) is 49.7 Å². The molecule has 0 radical (unpaired) electrons. The maximum Gasteiger partial charge on any atom is 0.322 e. The zero-order valence-corrected chi connectivity index (χ0v) is 20.4. The van der Waals surface area contributed by atoms with Gasteiger partial charge in [-0.2, -0.15) is 5.10 Å². The molecule has 3 amide bonds. The van der Waals surface area contributed by atoms with Crippen LogP contribution >= 0.6 is 11.6 Å². The molecular weight excluding hydrogens is 438 g/mol. The minimum absolute atomic E-state index is 0.0924. The van der Waals surface area contributed by atoms with E-state index in [0.717, 1.165) is 22.6 Å². The lowest BCUT2D eigenvalue weighted by atomic mass is 9.92. The number of hydrogen-bond donors (Lipinski definition) is 2. The van der Waals surface area contributed by atoms with Crippen LogP contribution < -0.4 is 10.6 Å². The Balaban J connectivity index is 1.78. The van der Waals surface area contributed by atoms with Gasteiger partial charge in [0, 0.05) is 28.7 Å². The monoisotopic (exact) mass is 467 g/mol. The van der Waals surface area contributed by atoms with Gasteiger partial charge in [0.15, 0.2) is 0 Å². The number of carbonyl (C=O) groups excluding carboxylic acids is 2. The smallest absolute Gasteiger partial charge is 0.315 e. The fourth-order valence-corrected chi connectivity index (χ4v) is 3.33. The Kier molecular flexibility index (Phi) is 7.43. The molecule has 174 valence electrons. The van der Waals surface area contributed by atoms with Gasteiger partial charge in [0.25, 0.3) is 0 Å². The first-order chi connectivity index (χ1) is 15.6. The third-order valence-electron chi connectivity index (χ3n) is 5.21. The number of nitrogens with one attached hydrogen (secondary N) is 2. The Morgan fingerprint density at radius 1 is 1.06 bits per heavy atom. The number of para-hydroxylation sites is 1. The highest BCUT2D eigenvalue weighted by molar-refractivity contribution is 6.30. The number of aromatic nitrogens is 2. The second kappa shape index (κ2) is 10.1. The predicted octanol–water partition coefficient (Wildman–Crippen LogP) is 5.62. The van der Waals surface area contributed by atoms with Crippen molar-refractivity contribution in [2.75, 3.05) is 23.7 Å². The standard InChI is InChI=1S/C25H30ClN5O2/c1-6-30(24(33)27-20-10-8-7-9-17(20)2)16-23(32)28-22-15-21(25(3,4)5)29-31(22)19-13-11-18(26)12-14-19/h7-15H,6,16H2,1-5H3,(H,27,33)(H,28,32). The maximum atomic E-state index is 12.9. The van der Waals surface area contributed by atoms with Crippen molar-refractivity contribution in [3.63, 3.8) is 0 Å². The lowest BCUT2D eigenvalue weighted by Crippen LogP contribution is -2.40. The second-order valence-corrected chi connectivity index (χ2v) is 9.30. The molecule has 2 aromatic carbocycles. The van der Waals surface area contributed by atoms with Crippen molar-refractivity contribution in [1.82, 2.24) is 14.7 Å². The SMILES string of the molecule is CCN(CC(=O)Nc1cc(C(C)(C)C)nn1-c1ccc(Cl)cc1)C(=O)Nc1ccccc1C. The molecule has 1 heterocycles. The zero-order chi connectivity index (χ0) is 24.2. The molecule has 8 heteroatoms. The molecule has 0 saturated heterocycles. The minimum atomic E-state index is -0.330. The van der Waals surface area contributed by atoms with Gasteiger partial charge in [-0.3, -0.25) is 4.79 Å². The number of halogens is 1. The molecule has 0 aliphatic rings. The van der Waals surface area contributed by atoms with Gasteiger partial charge in [0.2, 0.25) is 5.91 Å². The summed E-state index contributed by atoms with van der Waals surface area (Å²) in [6.07, 6.45) is 0. The van der Waals surface area contributed by atoms with E-state index in [4.69, 9.17) is 16.7 Å². The van der Waals surface area contributed by atoms with Gasteiger partial charge < -0.3 is 15.5 Å². The van der Waals surface area contributed by atoms with E-state index in [0.29, 0.717) is 17.4 Å². The molecule has 0 bridgehead atoms. The van der Waals surface area contributed by atoms with Crippen molar-refractivity contribution in [2.45, 2.75) is 40.0 Å². The first-order valence-electron chi connectivity index (χ1n) is 10.9. The number of benzene rings is 2. The Labute approximate surface area is 199 Å². The lowest BCUT2D eigenvalue weighted by molar-refractivity contribution is -0.116. The highest BCUT2D eigenvalue weighted by Gasteiger charge is 2.23. The van der Waals surface area contributed by atoms with Crippen LogP contribution in [0, 0.1) is 6.92 Å². The number of anilines is 2. The van der Waals surface area contributed by atoms with Gasteiger partial charge in [0.05, 0.1) is 11.4 Å². The first kappa shape index (κ1) is 24.3. The van der Waals surface area contributed by atoms with Crippen LogP contribution in [0.1, 0.15) is 39.0 Å². The largest absolute Gasteiger partial charge is 0.322 e. The van der Waals surface area contributed by atoms with Crippen LogP contribution in [-0.2, 0) is 10.2 Å². The quantitative estimate of drug-likeness (QED) is 0.493. The first-order valence-corrected chi connectivity index (χ1v) is 11.2. The van der Waals surface area contributed by atoms with E-state index < -0.39 is 0 Å². The summed E-state index contributed by atoms with van der Waals surface area (Å²) >= 11 is 6.03. The van der Waals surface area contributed by atoms with Crippen LogP contribution in [0.5, 0.6) is 0 Å². The lowest BCUT2D eigenvalue weighted by Gasteiger charge is -2.21. The molecule has 0 aliphatic heterocycles. The summed E-state index contributed by atoms with van der Waals surface area (Å²) < 4.78 is 1.68. The number of carbonyl (C=O) groups is 2. The number of hydrogen-bond acceptors (Lipinski definition) is 3. The number of nitrogens with zero attached hydrogens (tertiary/aromatic N) is 3. The van der Waals surface area contributed by atoms with Crippen LogP contribution in [0.25, 0.3) is 5.69 Å². The molecule has 0 spiro atoms. The average molecular weight is 468 g/mol. The molecule has 3 aromatic rings. The van der Waals surface area contributed by atoms with Crippen LogP contribution in [0.3, 0.4) is 0 Å². The minimum Gasteiger partial charge on any atom is -0.315 e. The van der Waals surface area contributed by atoms with E-state index in [1.54, 1.807) is 16.8 Å². The Morgan fingerprint density at radius 2 is 1.73 bits per heavy atom. The van der Waals surface area contributed by atoms with Gasteiger partial charge >= 0.3 is 6.03 Å². The highest BCUT2D eigenvalue weighted by Crippen LogP contribution is 2.27.